The number of fused-ring (bicyclic) bond motifs is 2. The second-order valence-corrected chi connectivity index (χ2v) is 21.5. The lowest BCUT2D eigenvalue weighted by Gasteiger charge is -2.39. The standard InChI is InChI=1S/C42H64S2/c1-16-17-27(2)20-33-36(40(10,11)12)24-32(25-37(33)41(13,14)15)44-42(26-29-18-19-30(42)21-29)43-31-22-34(38(4,5)6)28(3)35(23-31)39(7,8)9/h22-25,29-30H,2,16-21,26H2,1,3-15H3. The zero-order chi connectivity index (χ0) is 33.0. The van der Waals surface area contributed by atoms with Crippen LogP contribution in [-0.4, -0.2) is 4.08 Å². The average Bonchev–Trinajstić information content (AvgIpc) is 3.44. The highest BCUT2D eigenvalue weighted by atomic mass is 32.2. The van der Waals surface area contributed by atoms with Gasteiger partial charge < -0.3 is 0 Å². The molecule has 0 aromatic heterocycles. The molecular formula is C42H64S2. The molecule has 3 unspecified atom stereocenters. The van der Waals surface area contributed by atoms with Gasteiger partial charge in [-0.2, -0.15) is 0 Å². The molecule has 2 fully saturated rings. The third-order valence-corrected chi connectivity index (χ3v) is 13.3. The number of hydrogen-bond donors (Lipinski definition) is 0. The van der Waals surface area contributed by atoms with Crippen LogP contribution in [0.2, 0.25) is 0 Å². The van der Waals surface area contributed by atoms with E-state index in [0.29, 0.717) is 0 Å². The maximum absolute atomic E-state index is 4.52. The lowest BCUT2D eigenvalue weighted by Crippen LogP contribution is -2.28. The zero-order valence-corrected chi connectivity index (χ0v) is 32.6. The van der Waals surface area contributed by atoms with Crippen LogP contribution in [0.3, 0.4) is 0 Å². The maximum atomic E-state index is 4.52. The minimum atomic E-state index is 0.0769. The van der Waals surface area contributed by atoms with Gasteiger partial charge in [-0.3, -0.25) is 0 Å². The smallest absolute Gasteiger partial charge is 0.0735 e. The van der Waals surface area contributed by atoms with Crippen molar-refractivity contribution in [2.45, 2.75) is 177 Å². The molecule has 2 aromatic carbocycles. The summed E-state index contributed by atoms with van der Waals surface area (Å²) in [5, 5.41) is 0. The molecule has 2 bridgehead atoms. The van der Waals surface area contributed by atoms with E-state index in [4.69, 9.17) is 0 Å². The van der Waals surface area contributed by atoms with Crippen molar-refractivity contribution in [2.24, 2.45) is 11.8 Å². The Kier molecular flexibility index (Phi) is 10.1. The Morgan fingerprint density at radius 1 is 0.727 bits per heavy atom. The summed E-state index contributed by atoms with van der Waals surface area (Å²) in [6.45, 7) is 37.9. The molecule has 2 aromatic rings. The van der Waals surface area contributed by atoms with Gasteiger partial charge in [-0.15, -0.1) is 23.5 Å². The predicted octanol–water partition coefficient (Wildman–Crippen LogP) is 13.5. The van der Waals surface area contributed by atoms with Crippen molar-refractivity contribution < 1.29 is 0 Å². The van der Waals surface area contributed by atoms with E-state index in [-0.39, 0.29) is 25.7 Å². The van der Waals surface area contributed by atoms with Gasteiger partial charge in [0.1, 0.15) is 0 Å². The number of allylic oxidation sites excluding steroid dienone is 1. The number of rotatable bonds is 8. The van der Waals surface area contributed by atoms with Gasteiger partial charge in [0.2, 0.25) is 0 Å². The summed E-state index contributed by atoms with van der Waals surface area (Å²) in [7, 11) is 0. The van der Waals surface area contributed by atoms with Crippen LogP contribution < -0.4 is 0 Å². The summed E-state index contributed by atoms with van der Waals surface area (Å²) in [4.78, 5) is 2.95. The molecule has 0 radical (unpaired) electrons. The molecule has 0 spiro atoms. The first-order valence-corrected chi connectivity index (χ1v) is 19.1. The van der Waals surface area contributed by atoms with Gasteiger partial charge in [-0.05, 0) is 130 Å². The Hall–Kier alpha value is -1.12. The molecule has 0 aliphatic heterocycles. The summed E-state index contributed by atoms with van der Waals surface area (Å²) < 4.78 is 0.181. The third kappa shape index (κ3) is 7.70. The summed E-state index contributed by atoms with van der Waals surface area (Å²) in [5.74, 6) is 1.63. The molecule has 4 rings (SSSR count). The average molecular weight is 633 g/mol. The fourth-order valence-electron chi connectivity index (χ4n) is 8.13. The van der Waals surface area contributed by atoms with Crippen LogP contribution in [0.15, 0.2) is 46.2 Å². The predicted molar refractivity (Wildman–Crippen MR) is 200 cm³/mol. The SMILES string of the molecule is C=C(CCC)Cc1c(C(C)(C)C)cc(SC2(Sc3cc(C(C)(C)C)c(C)c(C(C)(C)C)c3)CC3CCC2C3)cc1C(C)(C)C. The minimum Gasteiger partial charge on any atom is -0.108 e. The molecule has 0 saturated heterocycles. The van der Waals surface area contributed by atoms with Crippen LogP contribution >= 0.6 is 23.5 Å². The van der Waals surface area contributed by atoms with Crippen LogP contribution in [0, 0.1) is 18.8 Å². The van der Waals surface area contributed by atoms with Crippen LogP contribution in [0.4, 0.5) is 0 Å². The van der Waals surface area contributed by atoms with E-state index in [0.717, 1.165) is 31.1 Å². The zero-order valence-electron chi connectivity index (χ0n) is 30.9. The van der Waals surface area contributed by atoms with Crippen LogP contribution in [0.1, 0.15) is 162 Å². The van der Waals surface area contributed by atoms with E-state index in [9.17, 15) is 0 Å². The van der Waals surface area contributed by atoms with Crippen LogP contribution in [0.5, 0.6) is 0 Å². The van der Waals surface area contributed by atoms with Gasteiger partial charge in [0.25, 0.3) is 0 Å². The topological polar surface area (TPSA) is 0 Å². The van der Waals surface area contributed by atoms with Crippen molar-refractivity contribution >= 4 is 23.5 Å². The Bertz CT molecular complexity index is 1290. The van der Waals surface area contributed by atoms with E-state index < -0.39 is 0 Å². The van der Waals surface area contributed by atoms with Crippen LogP contribution in [-0.2, 0) is 28.1 Å². The van der Waals surface area contributed by atoms with Crippen molar-refractivity contribution in [3.8, 4) is 0 Å². The molecule has 3 atom stereocenters. The maximum Gasteiger partial charge on any atom is 0.0735 e. The molecular weight excluding hydrogens is 569 g/mol. The second-order valence-electron chi connectivity index (χ2n) is 18.4. The van der Waals surface area contributed by atoms with Gasteiger partial charge in [-0.1, -0.05) is 115 Å². The largest absolute Gasteiger partial charge is 0.108 e. The highest BCUT2D eigenvalue weighted by Crippen LogP contribution is 2.65. The fourth-order valence-corrected chi connectivity index (χ4v) is 11.8. The van der Waals surface area contributed by atoms with E-state index in [1.165, 1.54) is 74.4 Å². The molecule has 2 saturated carbocycles. The lowest BCUT2D eigenvalue weighted by molar-refractivity contribution is 0.467. The third-order valence-electron chi connectivity index (χ3n) is 10.2. The van der Waals surface area contributed by atoms with E-state index in [2.05, 4.69) is 151 Å². The van der Waals surface area contributed by atoms with Gasteiger partial charge in [-0.25, -0.2) is 0 Å². The van der Waals surface area contributed by atoms with Crippen molar-refractivity contribution in [1.82, 2.24) is 0 Å². The van der Waals surface area contributed by atoms with Crippen molar-refractivity contribution in [3.63, 3.8) is 0 Å². The number of thioether (sulfide) groups is 2. The van der Waals surface area contributed by atoms with E-state index in [1.54, 1.807) is 0 Å². The first-order valence-electron chi connectivity index (χ1n) is 17.4. The molecule has 2 aliphatic rings. The molecule has 44 heavy (non-hydrogen) atoms. The number of benzene rings is 2. The van der Waals surface area contributed by atoms with E-state index >= 15 is 0 Å². The summed E-state index contributed by atoms with van der Waals surface area (Å²) in [5.41, 5.74) is 10.8. The highest BCUT2D eigenvalue weighted by molar-refractivity contribution is 8.18. The van der Waals surface area contributed by atoms with Gasteiger partial charge in [0.05, 0.1) is 4.08 Å². The monoisotopic (exact) mass is 632 g/mol. The summed E-state index contributed by atoms with van der Waals surface area (Å²) in [6, 6.07) is 10.3. The first kappa shape index (κ1) is 35.7. The molecule has 2 heteroatoms. The van der Waals surface area contributed by atoms with Gasteiger partial charge >= 0.3 is 0 Å². The van der Waals surface area contributed by atoms with Gasteiger partial charge in [0.15, 0.2) is 0 Å². The van der Waals surface area contributed by atoms with Crippen molar-refractivity contribution in [2.75, 3.05) is 0 Å². The van der Waals surface area contributed by atoms with Gasteiger partial charge in [0, 0.05) is 9.79 Å². The Morgan fingerprint density at radius 2 is 1.16 bits per heavy atom. The fraction of sp³-hybridized carbons (Fsp3) is 0.667. The normalized spacial score (nSPS) is 22.6. The van der Waals surface area contributed by atoms with Crippen molar-refractivity contribution in [1.29, 1.82) is 0 Å². The summed E-state index contributed by atoms with van der Waals surface area (Å²) in [6.07, 6.45) is 8.78. The summed E-state index contributed by atoms with van der Waals surface area (Å²) >= 11 is 4.45. The van der Waals surface area contributed by atoms with Crippen molar-refractivity contribution in [3.05, 3.63) is 69.8 Å². The Balaban J connectivity index is 1.87. The molecule has 0 N–H and O–H groups in total. The van der Waals surface area contributed by atoms with Crippen LogP contribution in [0.25, 0.3) is 0 Å². The quantitative estimate of drug-likeness (QED) is 0.210. The minimum absolute atomic E-state index is 0.0769. The Morgan fingerprint density at radius 3 is 1.50 bits per heavy atom. The Labute approximate surface area is 281 Å². The molecule has 0 amide bonds. The molecule has 0 nitrogen and oxygen atoms in total. The number of hydrogen-bond acceptors (Lipinski definition) is 2. The lowest BCUT2D eigenvalue weighted by atomic mass is 9.74. The molecule has 2 aliphatic carbocycles. The van der Waals surface area contributed by atoms with E-state index in [1.807, 2.05) is 0 Å². The molecule has 244 valence electrons. The molecule has 0 heterocycles. The first-order chi connectivity index (χ1) is 20.0. The highest BCUT2D eigenvalue weighted by Gasteiger charge is 2.52. The second kappa shape index (κ2) is 12.5.